The van der Waals surface area contributed by atoms with Gasteiger partial charge >= 0.3 is 5.97 Å². The first-order valence-electron chi connectivity index (χ1n) is 7.94. The fourth-order valence-corrected chi connectivity index (χ4v) is 2.96. The van der Waals surface area contributed by atoms with Crippen molar-refractivity contribution >= 4 is 46.2 Å². The molecule has 2 aromatic rings. The van der Waals surface area contributed by atoms with Crippen LogP contribution in [0.4, 0.5) is 5.69 Å². The number of carbonyl (C=O) groups is 1. The summed E-state index contributed by atoms with van der Waals surface area (Å²) >= 11 is 11.5. The predicted molar refractivity (Wildman–Crippen MR) is 107 cm³/mol. The van der Waals surface area contributed by atoms with E-state index in [9.17, 15) is 4.79 Å². The lowest BCUT2D eigenvalue weighted by Crippen LogP contribution is -2.29. The summed E-state index contributed by atoms with van der Waals surface area (Å²) in [5.41, 5.74) is 3.26. The number of aliphatic imine (C=N–C) groups is 1. The molecule has 0 radical (unpaired) electrons. The second-order valence-electron chi connectivity index (χ2n) is 5.70. The Hall–Kier alpha value is -2.44. The van der Waals surface area contributed by atoms with E-state index in [0.717, 1.165) is 22.5 Å². The Morgan fingerprint density at radius 2 is 2.00 bits per heavy atom. The van der Waals surface area contributed by atoms with Gasteiger partial charge in [-0.15, -0.1) is 0 Å². The van der Waals surface area contributed by atoms with Crippen LogP contribution in [-0.2, 0) is 9.53 Å². The Morgan fingerprint density at radius 3 is 2.65 bits per heavy atom. The molecule has 134 valence electrons. The molecule has 1 heterocycles. The predicted octanol–water partition coefficient (Wildman–Crippen LogP) is 3.87. The number of fused-ring (bicyclic) bond motifs is 1. The van der Waals surface area contributed by atoms with Gasteiger partial charge in [0.05, 0.1) is 12.8 Å². The molecule has 2 aromatic carbocycles. The Morgan fingerprint density at radius 1 is 1.27 bits per heavy atom. The highest BCUT2D eigenvalue weighted by Crippen LogP contribution is 2.29. The van der Waals surface area contributed by atoms with E-state index in [1.807, 2.05) is 30.3 Å². The molecule has 0 unspecified atom stereocenters. The van der Waals surface area contributed by atoms with Crippen molar-refractivity contribution in [3.05, 3.63) is 58.6 Å². The first kappa shape index (κ1) is 18.4. The van der Waals surface area contributed by atoms with Crippen LogP contribution < -0.4 is 10.1 Å². The summed E-state index contributed by atoms with van der Waals surface area (Å²) < 4.78 is 10.5. The van der Waals surface area contributed by atoms with Gasteiger partial charge in [0, 0.05) is 28.8 Å². The highest BCUT2D eigenvalue weighted by molar-refractivity contribution is 7.80. The van der Waals surface area contributed by atoms with E-state index in [0.29, 0.717) is 15.8 Å². The number of ether oxygens (including phenoxy) is 2. The van der Waals surface area contributed by atoms with Gasteiger partial charge in [-0.3, -0.25) is 9.79 Å². The number of nitrogens with one attached hydrogen (secondary N) is 1. The van der Waals surface area contributed by atoms with Crippen molar-refractivity contribution in [1.82, 2.24) is 0 Å². The van der Waals surface area contributed by atoms with Crippen LogP contribution in [0, 0.1) is 0 Å². The summed E-state index contributed by atoms with van der Waals surface area (Å²) in [6, 6.07) is 12.5. The van der Waals surface area contributed by atoms with E-state index in [-0.39, 0.29) is 12.6 Å². The van der Waals surface area contributed by atoms with Gasteiger partial charge in [-0.05, 0) is 30.3 Å². The van der Waals surface area contributed by atoms with Crippen molar-refractivity contribution in [3.8, 4) is 5.75 Å². The molecule has 26 heavy (non-hydrogen) atoms. The summed E-state index contributed by atoms with van der Waals surface area (Å²) in [6.07, 6.45) is 0. The smallest absolute Gasteiger partial charge is 0.302 e. The third-order valence-corrected chi connectivity index (χ3v) is 4.52. The van der Waals surface area contributed by atoms with Crippen molar-refractivity contribution in [2.24, 2.45) is 4.99 Å². The molecule has 0 fully saturated rings. The van der Waals surface area contributed by atoms with Gasteiger partial charge in [0.2, 0.25) is 0 Å². The number of methoxy groups -OCH3 is 1. The maximum Gasteiger partial charge on any atom is 0.302 e. The first-order chi connectivity index (χ1) is 12.5. The van der Waals surface area contributed by atoms with E-state index in [1.165, 1.54) is 6.92 Å². The number of rotatable bonds is 4. The standard InChI is InChI=1S/C19H17ClN2O3S/c1-11(23)25-10-17-19(26)22-16-8-7-14(24-2)9-15(16)18(21-17)12-3-5-13(20)6-4-12/h3-9,17H,10H2,1-2H3,(H,22,26)/t17-/m0/s1. The van der Waals surface area contributed by atoms with Crippen LogP contribution in [0.25, 0.3) is 0 Å². The summed E-state index contributed by atoms with van der Waals surface area (Å²) in [7, 11) is 1.61. The number of hydrogen-bond acceptors (Lipinski definition) is 5. The molecule has 0 aliphatic carbocycles. The lowest BCUT2D eigenvalue weighted by molar-refractivity contribution is -0.140. The zero-order valence-electron chi connectivity index (χ0n) is 14.3. The molecule has 0 amide bonds. The van der Waals surface area contributed by atoms with E-state index in [1.54, 1.807) is 19.2 Å². The van der Waals surface area contributed by atoms with Crippen LogP contribution in [0.5, 0.6) is 5.75 Å². The molecular formula is C19H17ClN2O3S. The van der Waals surface area contributed by atoms with Gasteiger partial charge in [0.15, 0.2) is 0 Å². The van der Waals surface area contributed by atoms with Gasteiger partial charge < -0.3 is 14.8 Å². The quantitative estimate of drug-likeness (QED) is 0.636. The van der Waals surface area contributed by atoms with Gasteiger partial charge in [-0.1, -0.05) is 36.0 Å². The average molecular weight is 389 g/mol. The summed E-state index contributed by atoms with van der Waals surface area (Å²) in [6.45, 7) is 1.43. The van der Waals surface area contributed by atoms with Gasteiger partial charge in [0.1, 0.15) is 23.4 Å². The maximum absolute atomic E-state index is 11.2. The normalized spacial score (nSPS) is 16.0. The van der Waals surface area contributed by atoms with E-state index in [2.05, 4.69) is 5.32 Å². The van der Waals surface area contributed by atoms with Crippen molar-refractivity contribution in [3.63, 3.8) is 0 Å². The molecule has 1 N–H and O–H groups in total. The zero-order valence-corrected chi connectivity index (χ0v) is 15.9. The van der Waals surface area contributed by atoms with Gasteiger partial charge in [-0.25, -0.2) is 0 Å². The molecule has 1 aliphatic rings. The van der Waals surface area contributed by atoms with Crippen molar-refractivity contribution in [1.29, 1.82) is 0 Å². The number of esters is 1. The van der Waals surface area contributed by atoms with E-state index >= 15 is 0 Å². The number of hydrogen-bond donors (Lipinski definition) is 1. The number of benzodiazepines with no additional fused rings is 1. The molecular weight excluding hydrogens is 372 g/mol. The summed E-state index contributed by atoms with van der Waals surface area (Å²) in [5, 5.41) is 3.84. The molecule has 1 atom stereocenters. The molecule has 0 aromatic heterocycles. The molecule has 0 bridgehead atoms. The van der Waals surface area contributed by atoms with Crippen LogP contribution in [0.1, 0.15) is 18.1 Å². The van der Waals surface area contributed by atoms with Crippen molar-refractivity contribution in [2.45, 2.75) is 13.0 Å². The fourth-order valence-electron chi connectivity index (χ4n) is 2.60. The fraction of sp³-hybridized carbons (Fsp3) is 0.211. The lowest BCUT2D eigenvalue weighted by Gasteiger charge is -2.13. The summed E-state index contributed by atoms with van der Waals surface area (Å²) in [4.78, 5) is 16.5. The van der Waals surface area contributed by atoms with Crippen LogP contribution in [0.3, 0.4) is 0 Å². The zero-order chi connectivity index (χ0) is 18.7. The van der Waals surface area contributed by atoms with Crippen LogP contribution >= 0.6 is 23.8 Å². The second-order valence-corrected chi connectivity index (χ2v) is 6.58. The van der Waals surface area contributed by atoms with Gasteiger partial charge in [-0.2, -0.15) is 0 Å². The van der Waals surface area contributed by atoms with Crippen LogP contribution in [-0.4, -0.2) is 36.4 Å². The van der Waals surface area contributed by atoms with Crippen LogP contribution in [0.2, 0.25) is 5.02 Å². The Balaban J connectivity index is 2.12. The number of nitrogens with zero attached hydrogens (tertiary/aromatic N) is 1. The number of carbonyl (C=O) groups excluding carboxylic acids is 1. The minimum atomic E-state index is -0.488. The Kier molecular flexibility index (Phi) is 5.54. The van der Waals surface area contributed by atoms with E-state index < -0.39 is 6.04 Å². The van der Waals surface area contributed by atoms with Crippen molar-refractivity contribution in [2.75, 3.05) is 19.0 Å². The molecule has 1 aliphatic heterocycles. The van der Waals surface area contributed by atoms with E-state index in [4.69, 9.17) is 38.3 Å². The molecule has 3 rings (SSSR count). The highest BCUT2D eigenvalue weighted by Gasteiger charge is 2.24. The minimum Gasteiger partial charge on any atom is -0.497 e. The summed E-state index contributed by atoms with van der Waals surface area (Å²) in [5.74, 6) is 0.330. The monoisotopic (exact) mass is 388 g/mol. The number of benzene rings is 2. The molecule has 0 spiro atoms. The lowest BCUT2D eigenvalue weighted by atomic mass is 10.0. The first-order valence-corrected chi connectivity index (χ1v) is 8.73. The van der Waals surface area contributed by atoms with Gasteiger partial charge in [0.25, 0.3) is 0 Å². The largest absolute Gasteiger partial charge is 0.497 e. The molecule has 7 heteroatoms. The third-order valence-electron chi connectivity index (χ3n) is 3.89. The van der Waals surface area contributed by atoms with Crippen molar-refractivity contribution < 1.29 is 14.3 Å². The Bertz CT molecular complexity index is 881. The Labute approximate surface area is 162 Å². The molecule has 0 saturated heterocycles. The number of thiocarbonyl (C=S) groups is 1. The topological polar surface area (TPSA) is 59.9 Å². The third kappa shape index (κ3) is 4.03. The molecule has 5 nitrogen and oxygen atoms in total. The number of anilines is 1. The number of halogens is 1. The SMILES string of the molecule is COc1ccc2c(c1)C(c1ccc(Cl)cc1)=N[C@@H](COC(C)=O)C(=S)N2. The molecule has 0 saturated carbocycles. The minimum absolute atomic E-state index is 0.0728. The highest BCUT2D eigenvalue weighted by atomic mass is 35.5. The average Bonchev–Trinajstić information content (AvgIpc) is 2.76. The van der Waals surface area contributed by atoms with Crippen LogP contribution in [0.15, 0.2) is 47.5 Å². The second kappa shape index (κ2) is 7.85. The maximum atomic E-state index is 11.2.